The molecule has 4 bridgehead atoms. The average molecular weight is 387 g/mol. The van der Waals surface area contributed by atoms with E-state index >= 15 is 0 Å². The van der Waals surface area contributed by atoms with Gasteiger partial charge in [0.1, 0.15) is 11.4 Å². The summed E-state index contributed by atoms with van der Waals surface area (Å²) in [5.41, 5.74) is 4.24. The molecule has 5 aliphatic carbocycles. The van der Waals surface area contributed by atoms with Gasteiger partial charge in [0.05, 0.1) is 5.92 Å². The lowest BCUT2D eigenvalue weighted by molar-refractivity contribution is -0.161. The Balaban J connectivity index is 1.30. The predicted octanol–water partition coefficient (Wildman–Crippen LogP) is 1.25. The predicted molar refractivity (Wildman–Crippen MR) is 99.8 cm³/mol. The summed E-state index contributed by atoms with van der Waals surface area (Å²) in [5.74, 6) is 0.972. The second-order valence-electron chi connectivity index (χ2n) is 9.11. The number of nitrogens with two attached hydrogens (primary N) is 1. The molecule has 5 aliphatic rings. The van der Waals surface area contributed by atoms with Crippen molar-refractivity contribution in [3.63, 3.8) is 0 Å². The summed E-state index contributed by atoms with van der Waals surface area (Å²) in [6.45, 7) is -0.516. The van der Waals surface area contributed by atoms with Gasteiger partial charge in [-0.2, -0.15) is 0 Å². The van der Waals surface area contributed by atoms with Crippen LogP contribution in [0.4, 0.5) is 5.82 Å². The molecule has 8 nitrogen and oxygen atoms in total. The van der Waals surface area contributed by atoms with Gasteiger partial charge in [-0.05, 0) is 68.6 Å². The smallest absolute Gasteiger partial charge is 0.330 e. The Hall–Kier alpha value is -2.38. The molecule has 0 radical (unpaired) electrons. The Labute approximate surface area is 161 Å². The first kappa shape index (κ1) is 17.7. The number of rotatable bonds is 5. The maximum absolute atomic E-state index is 12.7. The zero-order chi connectivity index (χ0) is 19.6. The second-order valence-corrected chi connectivity index (χ2v) is 9.11. The van der Waals surface area contributed by atoms with Crippen LogP contribution < -0.4 is 17.0 Å². The minimum Gasteiger partial charge on any atom is -0.457 e. The van der Waals surface area contributed by atoms with Crippen molar-refractivity contribution in [2.24, 2.45) is 29.6 Å². The Morgan fingerprint density at radius 1 is 1.04 bits per heavy atom. The molecular formula is C20H25N3O5. The van der Waals surface area contributed by atoms with E-state index in [1.807, 2.05) is 0 Å². The molecule has 3 N–H and O–H groups in total. The Morgan fingerprint density at radius 2 is 1.64 bits per heavy atom. The van der Waals surface area contributed by atoms with E-state index in [0.29, 0.717) is 11.8 Å². The van der Waals surface area contributed by atoms with Crippen molar-refractivity contribution in [3.05, 3.63) is 26.4 Å². The number of ketones is 1. The van der Waals surface area contributed by atoms with Crippen LogP contribution >= 0.6 is 0 Å². The number of carbonyl (C=O) groups excluding carboxylic acids is 2. The third-order valence-corrected chi connectivity index (χ3v) is 7.22. The Bertz CT molecular complexity index is 930. The lowest BCUT2D eigenvalue weighted by atomic mass is 9.52. The highest BCUT2D eigenvalue weighted by Crippen LogP contribution is 2.56. The van der Waals surface area contributed by atoms with Crippen LogP contribution in [-0.2, 0) is 9.53 Å². The number of Topliss-reactive ketones (excluding diaryl/α,β-unsaturated/α-hetero) is 1. The van der Waals surface area contributed by atoms with Crippen molar-refractivity contribution in [1.29, 1.82) is 0 Å². The van der Waals surface area contributed by atoms with Crippen LogP contribution in [0.2, 0.25) is 0 Å². The van der Waals surface area contributed by atoms with E-state index in [4.69, 9.17) is 10.5 Å². The molecule has 0 saturated heterocycles. The van der Waals surface area contributed by atoms with Gasteiger partial charge in [-0.1, -0.05) is 0 Å². The quantitative estimate of drug-likeness (QED) is 0.579. The van der Waals surface area contributed by atoms with E-state index < -0.39 is 23.6 Å². The number of hydrogen-bond acceptors (Lipinski definition) is 6. The Morgan fingerprint density at radius 3 is 2.21 bits per heavy atom. The Kier molecular flexibility index (Phi) is 4.00. The minimum absolute atomic E-state index is 0.0773. The van der Waals surface area contributed by atoms with Gasteiger partial charge in [0.15, 0.2) is 6.61 Å². The highest BCUT2D eigenvalue weighted by molar-refractivity contribution is 6.01. The molecule has 150 valence electrons. The third kappa shape index (κ3) is 2.81. The van der Waals surface area contributed by atoms with Crippen molar-refractivity contribution in [1.82, 2.24) is 9.55 Å². The van der Waals surface area contributed by atoms with Crippen LogP contribution in [-0.4, -0.2) is 27.9 Å². The highest BCUT2D eigenvalue weighted by Gasteiger charge is 2.51. The summed E-state index contributed by atoms with van der Waals surface area (Å²) in [6, 6.07) is -0.0773. The van der Waals surface area contributed by atoms with Crippen molar-refractivity contribution >= 4 is 17.6 Å². The monoisotopic (exact) mass is 387 g/mol. The largest absolute Gasteiger partial charge is 0.457 e. The number of nitrogen functional groups attached to an aromatic ring is 1. The van der Waals surface area contributed by atoms with Crippen molar-refractivity contribution in [3.8, 4) is 0 Å². The molecule has 1 heterocycles. The fourth-order valence-corrected chi connectivity index (χ4v) is 6.15. The first-order valence-corrected chi connectivity index (χ1v) is 10.3. The average Bonchev–Trinajstić information content (AvgIpc) is 3.43. The van der Waals surface area contributed by atoms with Gasteiger partial charge >= 0.3 is 11.7 Å². The molecule has 8 heteroatoms. The minimum atomic E-state index is -0.824. The summed E-state index contributed by atoms with van der Waals surface area (Å²) in [5, 5.41) is 0. The number of anilines is 1. The third-order valence-electron chi connectivity index (χ3n) is 7.22. The van der Waals surface area contributed by atoms with Crippen LogP contribution in [0.1, 0.15) is 61.3 Å². The first-order chi connectivity index (χ1) is 13.4. The standard InChI is InChI=1S/C20H25N3O5/c21-17-16(18(25)22-20(27)23(17)13-1-2-13)14(24)8-28-19(26)15-11-4-9-3-10(6-11)7-12(15)5-9/h9-13,15H,1-8,21H2,(H,22,25,27). The van der Waals surface area contributed by atoms with E-state index in [9.17, 15) is 19.2 Å². The summed E-state index contributed by atoms with van der Waals surface area (Å²) in [6.07, 6.45) is 7.20. The molecule has 28 heavy (non-hydrogen) atoms. The maximum atomic E-state index is 12.7. The van der Waals surface area contributed by atoms with Gasteiger partial charge in [-0.25, -0.2) is 4.79 Å². The van der Waals surface area contributed by atoms with Gasteiger partial charge in [-0.15, -0.1) is 0 Å². The van der Waals surface area contributed by atoms with Crippen LogP contribution in [0, 0.1) is 29.6 Å². The molecule has 1 aromatic heterocycles. The molecule has 6 rings (SSSR count). The van der Waals surface area contributed by atoms with Crippen LogP contribution in [0.15, 0.2) is 9.59 Å². The number of nitrogens with one attached hydrogen (secondary N) is 1. The molecule has 5 saturated carbocycles. The summed E-state index contributed by atoms with van der Waals surface area (Å²) < 4.78 is 6.61. The van der Waals surface area contributed by atoms with Gasteiger partial charge in [-0.3, -0.25) is 23.9 Å². The lowest BCUT2D eigenvalue weighted by Crippen LogP contribution is -2.48. The fourth-order valence-electron chi connectivity index (χ4n) is 6.15. The van der Waals surface area contributed by atoms with Crippen LogP contribution in [0.3, 0.4) is 0 Å². The zero-order valence-electron chi connectivity index (χ0n) is 15.7. The number of nitrogens with zero attached hydrogens (tertiary/aromatic N) is 1. The molecular weight excluding hydrogens is 362 g/mol. The van der Waals surface area contributed by atoms with E-state index in [0.717, 1.165) is 50.4 Å². The van der Waals surface area contributed by atoms with Gasteiger partial charge < -0.3 is 10.5 Å². The molecule has 0 aromatic carbocycles. The van der Waals surface area contributed by atoms with E-state index in [2.05, 4.69) is 4.98 Å². The number of esters is 1. The van der Waals surface area contributed by atoms with Gasteiger partial charge in [0.25, 0.3) is 5.56 Å². The van der Waals surface area contributed by atoms with E-state index in [-0.39, 0.29) is 29.3 Å². The SMILES string of the molecule is Nc1c(C(=O)COC(=O)C2C3CC4CC(C3)CC2C4)c(=O)[nH]c(=O)n1C1CC1. The number of ether oxygens (including phenoxy) is 1. The number of carbonyl (C=O) groups is 2. The van der Waals surface area contributed by atoms with Crippen molar-refractivity contribution in [2.45, 2.75) is 51.0 Å². The molecule has 0 amide bonds. The maximum Gasteiger partial charge on any atom is 0.330 e. The summed E-state index contributed by atoms with van der Waals surface area (Å²) >= 11 is 0. The zero-order valence-corrected chi connectivity index (χ0v) is 15.7. The summed E-state index contributed by atoms with van der Waals surface area (Å²) in [4.78, 5) is 51.6. The summed E-state index contributed by atoms with van der Waals surface area (Å²) in [7, 11) is 0. The first-order valence-electron chi connectivity index (χ1n) is 10.3. The van der Waals surface area contributed by atoms with Crippen LogP contribution in [0.5, 0.6) is 0 Å². The van der Waals surface area contributed by atoms with E-state index in [1.165, 1.54) is 11.0 Å². The number of hydrogen-bond donors (Lipinski definition) is 2. The number of aromatic amines is 1. The van der Waals surface area contributed by atoms with Gasteiger partial charge in [0.2, 0.25) is 5.78 Å². The van der Waals surface area contributed by atoms with Crippen LogP contribution in [0.25, 0.3) is 0 Å². The number of aromatic nitrogens is 2. The van der Waals surface area contributed by atoms with Crippen molar-refractivity contribution in [2.75, 3.05) is 12.3 Å². The topological polar surface area (TPSA) is 124 Å². The molecule has 0 aliphatic heterocycles. The number of H-pyrrole nitrogens is 1. The van der Waals surface area contributed by atoms with Crippen molar-refractivity contribution < 1.29 is 14.3 Å². The lowest BCUT2D eigenvalue weighted by Gasteiger charge is -2.53. The van der Waals surface area contributed by atoms with E-state index in [1.54, 1.807) is 0 Å². The highest BCUT2D eigenvalue weighted by atomic mass is 16.5. The molecule has 0 unspecified atom stereocenters. The molecule has 0 spiro atoms. The molecule has 1 aromatic rings. The second kappa shape index (κ2) is 6.32. The van der Waals surface area contributed by atoms with Gasteiger partial charge in [0, 0.05) is 6.04 Å². The molecule has 0 atom stereocenters. The normalized spacial score (nSPS) is 33.1. The fraction of sp³-hybridized carbons (Fsp3) is 0.700. The molecule has 5 fully saturated rings.